The summed E-state index contributed by atoms with van der Waals surface area (Å²) in [6.45, 7) is 3.72. The molecule has 0 spiro atoms. The lowest BCUT2D eigenvalue weighted by molar-refractivity contribution is -0.137. The molecule has 1 amide bonds. The molecule has 1 heterocycles. The number of thiophene rings is 1. The van der Waals surface area contributed by atoms with Crippen LogP contribution < -0.4 is 11.1 Å². The number of hydrogen-bond donors (Lipinski definition) is 3. The van der Waals surface area contributed by atoms with Gasteiger partial charge in [-0.05, 0) is 19.4 Å². The monoisotopic (exact) mass is 313 g/mol. The maximum atomic E-state index is 11.7. The van der Waals surface area contributed by atoms with Crippen molar-refractivity contribution in [2.45, 2.75) is 19.9 Å². The summed E-state index contributed by atoms with van der Waals surface area (Å²) < 4.78 is 0. The van der Waals surface area contributed by atoms with Gasteiger partial charge in [-0.25, -0.2) is 0 Å². The molecule has 4 N–H and O–H groups in total. The van der Waals surface area contributed by atoms with Gasteiger partial charge in [-0.1, -0.05) is 0 Å². The molecule has 0 saturated carbocycles. The van der Waals surface area contributed by atoms with E-state index in [4.69, 9.17) is 16.1 Å². The summed E-state index contributed by atoms with van der Waals surface area (Å²) in [6.07, 6.45) is 0. The first-order chi connectivity index (χ1) is 9.36. The van der Waals surface area contributed by atoms with Gasteiger partial charge < -0.3 is 16.2 Å². The number of carbonyl (C=O) groups is 2. The topological polar surface area (TPSA) is 116 Å². The minimum atomic E-state index is -1.09. The molecule has 20 heavy (non-hydrogen) atoms. The molecule has 1 aromatic heterocycles. The predicted octanol–water partition coefficient (Wildman–Crippen LogP) is 1.32. The highest BCUT2D eigenvalue weighted by molar-refractivity contribution is 8.00. The van der Waals surface area contributed by atoms with Crippen molar-refractivity contribution in [3.05, 3.63) is 16.0 Å². The van der Waals surface area contributed by atoms with Crippen LogP contribution in [0, 0.1) is 25.2 Å². The lowest BCUT2D eigenvalue weighted by Gasteiger charge is -2.06. The number of thioether (sulfide) groups is 1. The van der Waals surface area contributed by atoms with Crippen molar-refractivity contribution >= 4 is 40.0 Å². The van der Waals surface area contributed by atoms with Crippen LogP contribution in [0.15, 0.2) is 0 Å². The number of nitrogens with two attached hydrogens (primary N) is 1. The maximum Gasteiger partial charge on any atom is 0.321 e. The minimum absolute atomic E-state index is 0.0991. The fraction of sp³-hybridized carbons (Fsp3) is 0.417. The maximum absolute atomic E-state index is 11.7. The van der Waals surface area contributed by atoms with Crippen molar-refractivity contribution in [2.75, 3.05) is 16.8 Å². The van der Waals surface area contributed by atoms with Gasteiger partial charge in [-0.15, -0.1) is 23.1 Å². The number of rotatable bonds is 6. The zero-order valence-electron chi connectivity index (χ0n) is 11.1. The fourth-order valence-corrected chi connectivity index (χ4v) is 3.16. The Labute approximate surface area is 125 Å². The molecule has 0 radical (unpaired) electrons. The molecular weight excluding hydrogens is 298 g/mol. The highest BCUT2D eigenvalue weighted by Crippen LogP contribution is 2.31. The first-order valence-electron chi connectivity index (χ1n) is 5.72. The van der Waals surface area contributed by atoms with Crippen LogP contribution in [0.2, 0.25) is 0 Å². The Kier molecular flexibility index (Phi) is 6.01. The first kappa shape index (κ1) is 16.5. The molecule has 0 aromatic carbocycles. The van der Waals surface area contributed by atoms with Gasteiger partial charge in [0, 0.05) is 10.6 Å². The Morgan fingerprint density at radius 1 is 1.55 bits per heavy atom. The van der Waals surface area contributed by atoms with Gasteiger partial charge in [0.1, 0.15) is 17.1 Å². The molecule has 6 nitrogen and oxygen atoms in total. The Hall–Kier alpha value is -1.56. The summed E-state index contributed by atoms with van der Waals surface area (Å²) >= 11 is 2.50. The summed E-state index contributed by atoms with van der Waals surface area (Å²) in [6, 6.07) is 1.09. The second kappa shape index (κ2) is 7.28. The third-order valence-corrected chi connectivity index (χ3v) is 4.78. The minimum Gasteiger partial charge on any atom is -0.480 e. The molecule has 108 valence electrons. The molecule has 1 atom stereocenters. The Bertz CT molecular complexity index is 563. The summed E-state index contributed by atoms with van der Waals surface area (Å²) in [4.78, 5) is 23.2. The third kappa shape index (κ3) is 4.23. The van der Waals surface area contributed by atoms with E-state index in [-0.39, 0.29) is 17.4 Å². The van der Waals surface area contributed by atoms with Gasteiger partial charge in [-0.2, -0.15) is 5.26 Å². The molecule has 0 saturated heterocycles. The van der Waals surface area contributed by atoms with Crippen LogP contribution in [0.4, 0.5) is 5.00 Å². The van der Waals surface area contributed by atoms with Crippen LogP contribution in [-0.4, -0.2) is 34.5 Å². The zero-order valence-corrected chi connectivity index (χ0v) is 12.7. The molecule has 8 heteroatoms. The van der Waals surface area contributed by atoms with E-state index in [9.17, 15) is 9.59 Å². The summed E-state index contributed by atoms with van der Waals surface area (Å²) in [7, 11) is 0. The lowest BCUT2D eigenvalue weighted by atomic mass is 10.2. The second-order valence-electron chi connectivity index (χ2n) is 4.11. The average Bonchev–Trinajstić information content (AvgIpc) is 2.64. The second-order valence-corrected chi connectivity index (χ2v) is 6.36. The third-order valence-electron chi connectivity index (χ3n) is 2.60. The van der Waals surface area contributed by atoms with Gasteiger partial charge in [0.05, 0.1) is 11.3 Å². The smallest absolute Gasteiger partial charge is 0.321 e. The summed E-state index contributed by atoms with van der Waals surface area (Å²) in [5, 5.41) is 20.9. The van der Waals surface area contributed by atoms with Crippen molar-refractivity contribution in [2.24, 2.45) is 5.73 Å². The van der Waals surface area contributed by atoms with Gasteiger partial charge in [0.15, 0.2) is 0 Å². The van der Waals surface area contributed by atoms with Crippen molar-refractivity contribution in [3.63, 3.8) is 0 Å². The van der Waals surface area contributed by atoms with Crippen LogP contribution in [0.5, 0.6) is 0 Å². The number of aliphatic carboxylic acids is 1. The number of hydrogen-bond acceptors (Lipinski definition) is 6. The van der Waals surface area contributed by atoms with E-state index in [0.29, 0.717) is 10.6 Å². The molecule has 0 unspecified atom stereocenters. The van der Waals surface area contributed by atoms with Gasteiger partial charge in [-0.3, -0.25) is 9.59 Å². The van der Waals surface area contributed by atoms with Gasteiger partial charge >= 0.3 is 5.97 Å². The fourth-order valence-electron chi connectivity index (χ4n) is 1.36. The number of nitrogens with one attached hydrogen (secondary N) is 1. The molecule has 0 bridgehead atoms. The van der Waals surface area contributed by atoms with E-state index in [0.717, 1.165) is 22.2 Å². The molecule has 0 aliphatic carbocycles. The lowest BCUT2D eigenvalue weighted by Crippen LogP contribution is -2.33. The SMILES string of the molecule is Cc1sc(NC(=O)CSC[C@H](N)C(=O)O)c(C#N)c1C. The standard InChI is InChI=1S/C12H15N3O3S2/c1-6-7(2)20-11(8(6)3-13)15-10(16)5-19-4-9(14)12(17)18/h9H,4-5,14H2,1-2H3,(H,15,16)(H,17,18)/t9-/m0/s1. The highest BCUT2D eigenvalue weighted by atomic mass is 32.2. The number of aryl methyl sites for hydroxylation is 1. The predicted molar refractivity (Wildman–Crippen MR) is 80.1 cm³/mol. The number of anilines is 1. The normalized spacial score (nSPS) is 11.7. The number of nitrogens with zero attached hydrogens (tertiary/aromatic N) is 1. The number of carboxylic acids is 1. The van der Waals surface area contributed by atoms with E-state index < -0.39 is 12.0 Å². The largest absolute Gasteiger partial charge is 0.480 e. The molecule has 0 aliphatic rings. The van der Waals surface area contributed by atoms with Gasteiger partial charge in [0.25, 0.3) is 0 Å². The quantitative estimate of drug-likeness (QED) is 0.729. The summed E-state index contributed by atoms with van der Waals surface area (Å²) in [5.74, 6) is -1.10. The van der Waals surface area contributed by atoms with E-state index >= 15 is 0 Å². The molecule has 1 aromatic rings. The number of carbonyl (C=O) groups excluding carboxylic acids is 1. The van der Waals surface area contributed by atoms with Crippen LogP contribution in [0.1, 0.15) is 16.0 Å². The van der Waals surface area contributed by atoms with E-state index in [2.05, 4.69) is 11.4 Å². The van der Waals surface area contributed by atoms with Crippen LogP contribution >= 0.6 is 23.1 Å². The van der Waals surface area contributed by atoms with Crippen molar-refractivity contribution in [3.8, 4) is 6.07 Å². The van der Waals surface area contributed by atoms with Crippen molar-refractivity contribution in [1.82, 2.24) is 0 Å². The summed E-state index contributed by atoms with van der Waals surface area (Å²) in [5.41, 5.74) is 6.68. The van der Waals surface area contributed by atoms with Crippen LogP contribution in [0.3, 0.4) is 0 Å². The number of carboxylic acid groups (broad SMARTS) is 1. The zero-order chi connectivity index (χ0) is 15.3. The molecule has 0 fully saturated rings. The average molecular weight is 313 g/mol. The first-order valence-corrected chi connectivity index (χ1v) is 7.70. The Balaban J connectivity index is 2.54. The van der Waals surface area contributed by atoms with E-state index in [1.807, 2.05) is 13.8 Å². The van der Waals surface area contributed by atoms with Crippen LogP contribution in [0.25, 0.3) is 0 Å². The highest BCUT2D eigenvalue weighted by Gasteiger charge is 2.16. The van der Waals surface area contributed by atoms with Crippen molar-refractivity contribution in [1.29, 1.82) is 5.26 Å². The molecule has 0 aliphatic heterocycles. The van der Waals surface area contributed by atoms with Crippen molar-refractivity contribution < 1.29 is 14.7 Å². The van der Waals surface area contributed by atoms with Gasteiger partial charge in [0.2, 0.25) is 5.91 Å². The number of amides is 1. The Morgan fingerprint density at radius 2 is 2.20 bits per heavy atom. The van der Waals surface area contributed by atoms with E-state index in [1.54, 1.807) is 0 Å². The van der Waals surface area contributed by atoms with Crippen LogP contribution in [-0.2, 0) is 9.59 Å². The number of nitriles is 1. The molecular formula is C12H15N3O3S2. The van der Waals surface area contributed by atoms with E-state index in [1.165, 1.54) is 11.3 Å². The Morgan fingerprint density at radius 3 is 2.75 bits per heavy atom. The molecule has 1 rings (SSSR count).